The number of ether oxygens (including phenoxy) is 1. The summed E-state index contributed by atoms with van der Waals surface area (Å²) in [5.74, 6) is -1.36. The summed E-state index contributed by atoms with van der Waals surface area (Å²) in [6.45, 7) is -0.185. The summed E-state index contributed by atoms with van der Waals surface area (Å²) in [4.78, 5) is 24.2. The van der Waals surface area contributed by atoms with Gasteiger partial charge in [-0.3, -0.25) is 9.10 Å². The summed E-state index contributed by atoms with van der Waals surface area (Å²) >= 11 is 0. The summed E-state index contributed by atoms with van der Waals surface area (Å²) < 4.78 is 68.2. The molecule has 0 N–H and O–H groups in total. The number of aryl methyl sites for hydroxylation is 1. The number of benzene rings is 2. The summed E-state index contributed by atoms with van der Waals surface area (Å²) in [5.41, 5.74) is 0.826. The van der Waals surface area contributed by atoms with Gasteiger partial charge >= 0.3 is 12.1 Å². The van der Waals surface area contributed by atoms with Crippen molar-refractivity contribution in [3.63, 3.8) is 0 Å². The molecule has 10 heteroatoms. The molecule has 0 spiro atoms. The molecule has 0 amide bonds. The van der Waals surface area contributed by atoms with Crippen LogP contribution in [0, 0.1) is 0 Å². The van der Waals surface area contributed by atoms with Crippen molar-refractivity contribution in [3.05, 3.63) is 70.8 Å². The molecule has 170 valence electrons. The molecule has 0 saturated carbocycles. The predicted molar refractivity (Wildman–Crippen MR) is 113 cm³/mol. The number of esters is 1. The first kappa shape index (κ1) is 23.5. The molecule has 3 rings (SSSR count). The van der Waals surface area contributed by atoms with E-state index in [1.807, 2.05) is 0 Å². The molecule has 32 heavy (non-hydrogen) atoms. The molecule has 0 aliphatic carbocycles. The van der Waals surface area contributed by atoms with Crippen LogP contribution in [0.1, 0.15) is 33.5 Å². The zero-order valence-electron chi connectivity index (χ0n) is 17.1. The van der Waals surface area contributed by atoms with Gasteiger partial charge in [0, 0.05) is 18.2 Å². The van der Waals surface area contributed by atoms with Gasteiger partial charge in [0.1, 0.15) is 0 Å². The van der Waals surface area contributed by atoms with Crippen molar-refractivity contribution in [1.29, 1.82) is 0 Å². The highest BCUT2D eigenvalue weighted by Gasteiger charge is 2.30. The molecule has 0 saturated heterocycles. The Labute approximate surface area is 183 Å². The summed E-state index contributed by atoms with van der Waals surface area (Å²) in [6, 6.07) is 9.04. The van der Waals surface area contributed by atoms with Gasteiger partial charge in [-0.2, -0.15) is 13.2 Å². The number of rotatable bonds is 6. The van der Waals surface area contributed by atoms with E-state index in [1.165, 1.54) is 28.6 Å². The third kappa shape index (κ3) is 5.76. The Kier molecular flexibility index (Phi) is 6.73. The van der Waals surface area contributed by atoms with Gasteiger partial charge in [-0.15, -0.1) is 0 Å². The molecule has 1 aliphatic rings. The summed E-state index contributed by atoms with van der Waals surface area (Å²) in [5, 5.41) is 0. The molecule has 0 radical (unpaired) electrons. The predicted octanol–water partition coefficient (Wildman–Crippen LogP) is 3.86. The van der Waals surface area contributed by atoms with Crippen LogP contribution in [0.3, 0.4) is 0 Å². The van der Waals surface area contributed by atoms with Gasteiger partial charge in [-0.25, -0.2) is 13.2 Å². The smallest absolute Gasteiger partial charge is 0.416 e. The van der Waals surface area contributed by atoms with Crippen molar-refractivity contribution in [2.45, 2.75) is 19.0 Å². The van der Waals surface area contributed by atoms with Gasteiger partial charge in [0.2, 0.25) is 10.0 Å². The number of sulfonamides is 1. The first-order chi connectivity index (χ1) is 14.9. The highest BCUT2D eigenvalue weighted by molar-refractivity contribution is 7.92. The number of hydrogen-bond donors (Lipinski definition) is 0. The van der Waals surface area contributed by atoms with Crippen molar-refractivity contribution < 1.29 is 35.9 Å². The van der Waals surface area contributed by atoms with Gasteiger partial charge in [0.05, 0.1) is 17.5 Å². The monoisotopic (exact) mass is 467 g/mol. The number of ketones is 1. The maximum Gasteiger partial charge on any atom is 0.416 e. The van der Waals surface area contributed by atoms with Crippen molar-refractivity contribution in [2.24, 2.45) is 0 Å². The van der Waals surface area contributed by atoms with Crippen LogP contribution < -0.4 is 4.31 Å². The summed E-state index contributed by atoms with van der Waals surface area (Å²) in [6.07, 6.45) is -0.0349. The fourth-order valence-electron chi connectivity index (χ4n) is 3.33. The maximum atomic E-state index is 12.7. The zero-order valence-corrected chi connectivity index (χ0v) is 17.9. The van der Waals surface area contributed by atoms with Crippen LogP contribution >= 0.6 is 0 Å². The molecule has 0 bridgehead atoms. The van der Waals surface area contributed by atoms with Crippen LogP contribution in [0.25, 0.3) is 6.08 Å². The van der Waals surface area contributed by atoms with E-state index in [9.17, 15) is 31.2 Å². The second-order valence-electron chi connectivity index (χ2n) is 7.27. The Balaban J connectivity index is 1.62. The van der Waals surface area contributed by atoms with E-state index < -0.39 is 40.1 Å². The van der Waals surface area contributed by atoms with Crippen LogP contribution in [-0.4, -0.2) is 39.6 Å². The van der Waals surface area contributed by atoms with E-state index in [4.69, 9.17) is 4.74 Å². The molecule has 2 aromatic rings. The van der Waals surface area contributed by atoms with Crippen LogP contribution in [0.4, 0.5) is 18.9 Å². The normalized spacial score (nSPS) is 14.3. The van der Waals surface area contributed by atoms with Crippen LogP contribution in [0.5, 0.6) is 0 Å². The van der Waals surface area contributed by atoms with Crippen molar-refractivity contribution in [2.75, 3.05) is 23.7 Å². The molecule has 0 aromatic heterocycles. The molecule has 2 aromatic carbocycles. The molecule has 0 atom stereocenters. The lowest BCUT2D eigenvalue weighted by Gasteiger charge is -2.29. The Morgan fingerprint density at radius 2 is 1.91 bits per heavy atom. The van der Waals surface area contributed by atoms with Crippen molar-refractivity contribution in [3.8, 4) is 0 Å². The number of fused-ring (bicyclic) bond motifs is 1. The van der Waals surface area contributed by atoms with Gasteiger partial charge in [-0.1, -0.05) is 12.1 Å². The fourth-order valence-corrected chi connectivity index (χ4v) is 4.33. The lowest BCUT2D eigenvalue weighted by atomic mass is 9.99. The van der Waals surface area contributed by atoms with Crippen LogP contribution in [0.15, 0.2) is 48.5 Å². The van der Waals surface area contributed by atoms with Crippen LogP contribution in [0.2, 0.25) is 0 Å². The van der Waals surface area contributed by atoms with Crippen molar-refractivity contribution >= 4 is 33.5 Å². The lowest BCUT2D eigenvalue weighted by Crippen LogP contribution is -2.34. The number of nitrogens with zero attached hydrogens (tertiary/aromatic N) is 1. The van der Waals surface area contributed by atoms with Crippen LogP contribution in [-0.2, 0) is 32.2 Å². The molecular weight excluding hydrogens is 447 g/mol. The third-order valence-electron chi connectivity index (χ3n) is 4.85. The molecule has 1 heterocycles. The molecule has 6 nitrogen and oxygen atoms in total. The number of anilines is 1. The molecule has 0 fully saturated rings. The van der Waals surface area contributed by atoms with Gasteiger partial charge < -0.3 is 4.74 Å². The van der Waals surface area contributed by atoms with E-state index in [2.05, 4.69) is 0 Å². The Morgan fingerprint density at radius 3 is 2.59 bits per heavy atom. The van der Waals surface area contributed by atoms with E-state index in [-0.39, 0.29) is 11.1 Å². The first-order valence-electron chi connectivity index (χ1n) is 9.61. The number of Topliss-reactive ketones (excluding diaryl/α,β-unsaturated/α-hetero) is 1. The minimum absolute atomic E-state index is 0.160. The lowest BCUT2D eigenvalue weighted by molar-refractivity contribution is -0.138. The second kappa shape index (κ2) is 9.15. The zero-order chi connectivity index (χ0) is 23.5. The highest BCUT2D eigenvalue weighted by Crippen LogP contribution is 2.31. The molecular formula is C22H20F3NO5S. The van der Waals surface area contributed by atoms with Gasteiger partial charge in [0.25, 0.3) is 0 Å². The number of hydrogen-bond acceptors (Lipinski definition) is 5. The number of carbonyl (C=O) groups excluding carboxylic acids is 2. The first-order valence-corrected chi connectivity index (χ1v) is 11.5. The van der Waals surface area contributed by atoms with Gasteiger partial charge in [-0.05, 0) is 60.4 Å². The Hall–Kier alpha value is -3.14. The van der Waals surface area contributed by atoms with E-state index >= 15 is 0 Å². The van der Waals surface area contributed by atoms with Crippen molar-refractivity contribution in [1.82, 2.24) is 0 Å². The molecule has 1 aliphatic heterocycles. The Morgan fingerprint density at radius 1 is 1.16 bits per heavy atom. The quantitative estimate of drug-likeness (QED) is 0.366. The Bertz CT molecular complexity index is 1170. The SMILES string of the molecule is CS(=O)(=O)N1CCCc2cc(C(=O)COC(=O)/C=C/c3cccc(C(F)(F)F)c3)ccc21. The minimum atomic E-state index is -4.50. The number of alkyl halides is 3. The van der Waals surface area contributed by atoms with E-state index in [0.29, 0.717) is 30.6 Å². The van der Waals surface area contributed by atoms with E-state index in [0.717, 1.165) is 24.5 Å². The fraction of sp³-hybridized carbons (Fsp3) is 0.273. The standard InChI is InChI=1S/C22H20F3NO5S/c1-32(29,30)26-11-3-5-16-13-17(8-9-19(16)26)20(27)14-31-21(28)10-7-15-4-2-6-18(12-15)22(23,24)25/h2,4,6-10,12-13H,3,5,11,14H2,1H3/b10-7+. The number of halogens is 3. The number of carbonyl (C=O) groups is 2. The third-order valence-corrected chi connectivity index (χ3v) is 6.03. The van der Waals surface area contributed by atoms with E-state index in [1.54, 1.807) is 12.1 Å². The average molecular weight is 467 g/mol. The minimum Gasteiger partial charge on any atom is -0.454 e. The molecule has 0 unspecified atom stereocenters. The second-order valence-corrected chi connectivity index (χ2v) is 9.18. The topological polar surface area (TPSA) is 80.8 Å². The maximum absolute atomic E-state index is 12.7. The largest absolute Gasteiger partial charge is 0.454 e. The summed E-state index contributed by atoms with van der Waals surface area (Å²) in [7, 11) is -3.43. The average Bonchev–Trinajstić information content (AvgIpc) is 2.74. The highest BCUT2D eigenvalue weighted by atomic mass is 32.2. The van der Waals surface area contributed by atoms with Gasteiger partial charge in [0.15, 0.2) is 12.4 Å².